The first-order valence-electron chi connectivity index (χ1n) is 11.1. The molecule has 0 fully saturated rings. The fraction of sp³-hybridized carbons (Fsp3) is 0.222. The molecular formula is C27H27N3O5. The molecule has 0 atom stereocenters. The first-order valence-corrected chi connectivity index (χ1v) is 11.1. The monoisotopic (exact) mass is 473 g/mol. The number of rotatable bonds is 6. The normalized spacial score (nSPS) is 15.0. The van der Waals surface area contributed by atoms with Crippen LogP contribution in [0.3, 0.4) is 0 Å². The second-order valence-electron chi connectivity index (χ2n) is 8.00. The van der Waals surface area contributed by atoms with Crippen LogP contribution in [0.4, 0.5) is 5.69 Å². The van der Waals surface area contributed by atoms with E-state index in [0.29, 0.717) is 34.0 Å². The van der Waals surface area contributed by atoms with Crippen molar-refractivity contribution in [3.05, 3.63) is 88.8 Å². The van der Waals surface area contributed by atoms with E-state index in [-0.39, 0.29) is 5.91 Å². The maximum Gasteiger partial charge on any atom is 0.338 e. The lowest BCUT2D eigenvalue weighted by Gasteiger charge is -2.15. The number of hydrogen-bond acceptors (Lipinski definition) is 6. The molecule has 1 aliphatic rings. The van der Waals surface area contributed by atoms with Gasteiger partial charge in [0.05, 0.1) is 32.6 Å². The molecule has 3 aromatic rings. The Labute approximate surface area is 203 Å². The molecule has 35 heavy (non-hydrogen) atoms. The molecule has 2 aromatic carbocycles. The van der Waals surface area contributed by atoms with Gasteiger partial charge in [-0.3, -0.25) is 4.79 Å². The number of nitrogens with zero attached hydrogens (tertiary/aromatic N) is 2. The first-order chi connectivity index (χ1) is 16.9. The number of amides is 1. The summed E-state index contributed by atoms with van der Waals surface area (Å²) in [6.07, 6.45) is 7.60. The number of benzene rings is 2. The van der Waals surface area contributed by atoms with E-state index in [1.54, 1.807) is 50.1 Å². The van der Waals surface area contributed by atoms with E-state index < -0.39 is 5.97 Å². The molecule has 8 nitrogen and oxygen atoms in total. The zero-order valence-corrected chi connectivity index (χ0v) is 20.1. The summed E-state index contributed by atoms with van der Waals surface area (Å²) in [7, 11) is 4.52. The van der Waals surface area contributed by atoms with Gasteiger partial charge in [0.1, 0.15) is 0 Å². The lowest BCUT2D eigenvalue weighted by atomic mass is 10.1. The Hall–Kier alpha value is -4.33. The van der Waals surface area contributed by atoms with Gasteiger partial charge in [-0.25, -0.2) is 9.48 Å². The van der Waals surface area contributed by atoms with Gasteiger partial charge < -0.3 is 19.5 Å². The van der Waals surface area contributed by atoms with Crippen LogP contribution in [-0.2, 0) is 11.2 Å². The molecule has 0 spiro atoms. The third-order valence-electron chi connectivity index (χ3n) is 5.77. The molecule has 0 saturated carbocycles. The Kier molecular flexibility index (Phi) is 7.01. The highest BCUT2D eigenvalue weighted by Gasteiger charge is 2.20. The van der Waals surface area contributed by atoms with Crippen molar-refractivity contribution in [3.63, 3.8) is 0 Å². The molecule has 0 unspecified atom stereocenters. The number of esters is 1. The van der Waals surface area contributed by atoms with Crippen molar-refractivity contribution in [1.82, 2.24) is 9.78 Å². The number of allylic oxidation sites excluding steroid dienone is 3. The van der Waals surface area contributed by atoms with Crippen LogP contribution < -0.4 is 14.8 Å². The van der Waals surface area contributed by atoms with E-state index in [1.807, 2.05) is 30.4 Å². The van der Waals surface area contributed by atoms with Crippen molar-refractivity contribution in [2.45, 2.75) is 19.8 Å². The summed E-state index contributed by atoms with van der Waals surface area (Å²) in [6, 6.07) is 12.5. The summed E-state index contributed by atoms with van der Waals surface area (Å²) in [5.41, 5.74) is 4.62. The molecule has 0 saturated heterocycles. The highest BCUT2D eigenvalue weighted by atomic mass is 16.5. The molecule has 180 valence electrons. The largest absolute Gasteiger partial charge is 0.493 e. The van der Waals surface area contributed by atoms with Gasteiger partial charge in [-0.05, 0) is 73.9 Å². The average Bonchev–Trinajstić information content (AvgIpc) is 3.26. The number of aromatic nitrogens is 2. The van der Waals surface area contributed by atoms with E-state index >= 15 is 0 Å². The number of carbonyl (C=O) groups excluding carboxylic acids is 2. The zero-order chi connectivity index (χ0) is 24.9. The van der Waals surface area contributed by atoms with Crippen molar-refractivity contribution in [3.8, 4) is 11.5 Å². The van der Waals surface area contributed by atoms with Gasteiger partial charge in [-0.15, -0.1) is 0 Å². The quantitative estimate of drug-likeness (QED) is 0.525. The van der Waals surface area contributed by atoms with Gasteiger partial charge in [0.25, 0.3) is 5.91 Å². The summed E-state index contributed by atoms with van der Waals surface area (Å²) < 4.78 is 17.4. The van der Waals surface area contributed by atoms with E-state index in [1.165, 1.54) is 7.11 Å². The van der Waals surface area contributed by atoms with Gasteiger partial charge in [0.15, 0.2) is 17.2 Å². The maximum atomic E-state index is 13.1. The standard InChI is InChI=1S/C27H27N3O5/c1-17-14-19(11-12-21(17)27(32)35-4)28-26(31)22-16-20-8-6-5-7-9-23(30(20)29-22)18-10-13-24(33-2)25(15-18)34-3/h5,7,9-16H,6,8H2,1-4H3,(H,28,31)/b7-5-,23-9-. The van der Waals surface area contributed by atoms with Gasteiger partial charge in [-0.2, -0.15) is 5.10 Å². The van der Waals surface area contributed by atoms with Crippen LogP contribution in [0.25, 0.3) is 5.70 Å². The van der Waals surface area contributed by atoms with Crippen LogP contribution in [-0.4, -0.2) is 43.0 Å². The minimum absolute atomic E-state index is 0.294. The minimum atomic E-state index is -0.419. The lowest BCUT2D eigenvalue weighted by Crippen LogP contribution is -2.14. The van der Waals surface area contributed by atoms with E-state index in [4.69, 9.17) is 14.2 Å². The number of aryl methyl sites for hydroxylation is 2. The predicted molar refractivity (Wildman–Crippen MR) is 133 cm³/mol. The Morgan fingerprint density at radius 2 is 1.80 bits per heavy atom. The van der Waals surface area contributed by atoms with Crippen LogP contribution >= 0.6 is 0 Å². The number of carbonyl (C=O) groups is 2. The van der Waals surface area contributed by atoms with Gasteiger partial charge in [-0.1, -0.05) is 12.2 Å². The third kappa shape index (κ3) is 4.96. The first kappa shape index (κ1) is 23.8. The Morgan fingerprint density at radius 3 is 2.51 bits per heavy atom. The summed E-state index contributed by atoms with van der Waals surface area (Å²) in [5, 5.41) is 7.52. The van der Waals surface area contributed by atoms with Crippen LogP contribution in [0.15, 0.2) is 60.7 Å². The number of fused-ring (bicyclic) bond motifs is 1. The number of anilines is 1. The SMILES string of the molecule is COC(=O)c1ccc(NC(=O)c2cc3n(n2)/C(c2ccc(OC)c(OC)c2)=C\C=C/CC3)cc1C. The molecule has 0 aliphatic carbocycles. The third-order valence-corrected chi connectivity index (χ3v) is 5.77. The van der Waals surface area contributed by atoms with Crippen LogP contribution in [0, 0.1) is 6.92 Å². The highest BCUT2D eigenvalue weighted by molar-refractivity contribution is 6.03. The average molecular weight is 474 g/mol. The maximum absolute atomic E-state index is 13.1. The Bertz CT molecular complexity index is 1340. The van der Waals surface area contributed by atoms with E-state index in [9.17, 15) is 9.59 Å². The van der Waals surface area contributed by atoms with Crippen LogP contribution in [0.2, 0.25) is 0 Å². The molecule has 0 radical (unpaired) electrons. The Morgan fingerprint density at radius 1 is 1.00 bits per heavy atom. The number of methoxy groups -OCH3 is 3. The highest BCUT2D eigenvalue weighted by Crippen LogP contribution is 2.32. The molecular weight excluding hydrogens is 446 g/mol. The molecule has 1 aliphatic heterocycles. The zero-order valence-electron chi connectivity index (χ0n) is 20.1. The smallest absolute Gasteiger partial charge is 0.338 e. The topological polar surface area (TPSA) is 91.7 Å². The lowest BCUT2D eigenvalue weighted by molar-refractivity contribution is 0.0600. The van der Waals surface area contributed by atoms with Gasteiger partial charge >= 0.3 is 5.97 Å². The van der Waals surface area contributed by atoms with Gasteiger partial charge in [0, 0.05) is 16.9 Å². The molecule has 0 bridgehead atoms. The number of hydrogen-bond donors (Lipinski definition) is 1. The van der Waals surface area contributed by atoms with Gasteiger partial charge in [0.2, 0.25) is 0 Å². The van der Waals surface area contributed by atoms with Crippen molar-refractivity contribution >= 4 is 23.3 Å². The van der Waals surface area contributed by atoms with E-state index in [0.717, 1.165) is 29.8 Å². The predicted octanol–water partition coefficient (Wildman–Crippen LogP) is 4.64. The molecule has 1 aromatic heterocycles. The second kappa shape index (κ2) is 10.3. The summed E-state index contributed by atoms with van der Waals surface area (Å²) in [4.78, 5) is 24.9. The summed E-state index contributed by atoms with van der Waals surface area (Å²) in [5.74, 6) is 0.480. The van der Waals surface area contributed by atoms with Crippen LogP contribution in [0.1, 0.15) is 44.1 Å². The van der Waals surface area contributed by atoms with Crippen molar-refractivity contribution in [2.75, 3.05) is 26.6 Å². The molecule has 8 heteroatoms. The molecule has 1 amide bonds. The molecule has 1 N–H and O–H groups in total. The fourth-order valence-electron chi connectivity index (χ4n) is 3.96. The Balaban J connectivity index is 1.65. The molecule has 4 rings (SSSR count). The fourth-order valence-corrected chi connectivity index (χ4v) is 3.96. The van der Waals surface area contributed by atoms with Crippen molar-refractivity contribution < 1.29 is 23.8 Å². The van der Waals surface area contributed by atoms with Crippen molar-refractivity contribution in [2.24, 2.45) is 0 Å². The summed E-state index contributed by atoms with van der Waals surface area (Å²) >= 11 is 0. The second-order valence-corrected chi connectivity index (χ2v) is 8.00. The van der Waals surface area contributed by atoms with Crippen LogP contribution in [0.5, 0.6) is 11.5 Å². The minimum Gasteiger partial charge on any atom is -0.493 e. The molecule has 2 heterocycles. The number of ether oxygens (including phenoxy) is 3. The van der Waals surface area contributed by atoms with E-state index in [2.05, 4.69) is 16.5 Å². The number of nitrogens with one attached hydrogen (secondary N) is 1. The van der Waals surface area contributed by atoms with Crippen molar-refractivity contribution in [1.29, 1.82) is 0 Å². The summed E-state index contributed by atoms with van der Waals surface area (Å²) in [6.45, 7) is 1.79.